The fourth-order valence-electron chi connectivity index (χ4n) is 3.18. The third-order valence-electron chi connectivity index (χ3n) is 4.65. The van der Waals surface area contributed by atoms with Crippen molar-refractivity contribution in [2.45, 2.75) is 18.9 Å². The molecular weight excluding hydrogens is 406 g/mol. The molecule has 30 heavy (non-hydrogen) atoms. The Hall–Kier alpha value is -3.35. The zero-order chi connectivity index (χ0) is 20.1. The monoisotopic (exact) mass is 427 g/mol. The molecule has 9 nitrogen and oxygen atoms in total. The number of nitrogens with one attached hydrogen (secondary N) is 3. The van der Waals surface area contributed by atoms with E-state index in [9.17, 15) is 0 Å². The van der Waals surface area contributed by atoms with Gasteiger partial charge < -0.3 is 20.1 Å². The summed E-state index contributed by atoms with van der Waals surface area (Å²) in [6.45, 7) is 1.96. The normalized spacial score (nSPS) is 13.7. The lowest BCUT2D eigenvalue weighted by Gasteiger charge is -2.24. The first-order valence-electron chi connectivity index (χ1n) is 9.35. The molecule has 0 spiro atoms. The van der Waals surface area contributed by atoms with Gasteiger partial charge in [0.25, 0.3) is 0 Å². The van der Waals surface area contributed by atoms with Crippen LogP contribution in [0.25, 0.3) is 11.3 Å². The average Bonchev–Trinajstić information content (AvgIpc) is 3.23. The summed E-state index contributed by atoms with van der Waals surface area (Å²) in [5.41, 5.74) is 1.92. The third kappa shape index (κ3) is 4.97. The van der Waals surface area contributed by atoms with Crippen molar-refractivity contribution in [3.05, 3.63) is 42.4 Å². The summed E-state index contributed by atoms with van der Waals surface area (Å²) in [6.07, 6.45) is 5.11. The predicted molar refractivity (Wildman–Crippen MR) is 114 cm³/mol. The van der Waals surface area contributed by atoms with Crippen LogP contribution in [0.15, 0.2) is 36.7 Å². The number of hydrogen-bond donors (Lipinski definition) is 3. The number of halogens is 1. The second-order valence-electron chi connectivity index (χ2n) is 6.62. The number of anilines is 2. The van der Waals surface area contributed by atoms with Gasteiger partial charge in [0.2, 0.25) is 0 Å². The van der Waals surface area contributed by atoms with Crippen molar-refractivity contribution in [1.82, 2.24) is 25.5 Å². The Morgan fingerprint density at radius 1 is 1.13 bits per heavy atom. The van der Waals surface area contributed by atoms with Crippen molar-refractivity contribution in [1.29, 1.82) is 5.26 Å². The highest BCUT2D eigenvalue weighted by Crippen LogP contribution is 2.34. The summed E-state index contributed by atoms with van der Waals surface area (Å²) in [5.74, 6) is 2.57. The fraction of sp³-hybridized carbons (Fsp3) is 0.300. The molecule has 1 aliphatic heterocycles. The van der Waals surface area contributed by atoms with Gasteiger partial charge >= 0.3 is 0 Å². The van der Waals surface area contributed by atoms with Crippen molar-refractivity contribution >= 4 is 24.0 Å². The molecule has 3 heterocycles. The molecule has 3 N–H and O–H groups in total. The van der Waals surface area contributed by atoms with Gasteiger partial charge in [-0.3, -0.25) is 5.10 Å². The first kappa shape index (κ1) is 21.4. The lowest BCUT2D eigenvalue weighted by molar-refractivity contribution is 0.162. The van der Waals surface area contributed by atoms with Gasteiger partial charge in [-0.2, -0.15) is 10.4 Å². The largest absolute Gasteiger partial charge is 0.496 e. The zero-order valence-corrected chi connectivity index (χ0v) is 17.2. The molecule has 1 aliphatic rings. The van der Waals surface area contributed by atoms with Gasteiger partial charge in [0, 0.05) is 17.7 Å². The van der Waals surface area contributed by atoms with Gasteiger partial charge in [-0.15, -0.1) is 12.4 Å². The topological polar surface area (TPSA) is 121 Å². The number of aromatic nitrogens is 4. The van der Waals surface area contributed by atoms with Crippen LogP contribution in [-0.4, -0.2) is 46.5 Å². The number of aromatic amines is 1. The molecule has 1 aromatic carbocycles. The van der Waals surface area contributed by atoms with E-state index >= 15 is 0 Å². The molecule has 10 heteroatoms. The number of nitriles is 1. The number of piperidine rings is 1. The fourth-order valence-corrected chi connectivity index (χ4v) is 3.18. The van der Waals surface area contributed by atoms with Gasteiger partial charge in [0.05, 0.1) is 25.2 Å². The lowest BCUT2D eigenvalue weighted by Crippen LogP contribution is -2.34. The molecule has 4 rings (SSSR count). The Kier molecular flexibility index (Phi) is 7.06. The Balaban J connectivity index is 0.00000256. The minimum absolute atomic E-state index is 0. The van der Waals surface area contributed by atoms with Gasteiger partial charge in [-0.25, -0.2) is 9.97 Å². The van der Waals surface area contributed by atoms with E-state index in [1.54, 1.807) is 7.11 Å². The van der Waals surface area contributed by atoms with Gasteiger partial charge in [0.1, 0.15) is 29.5 Å². The minimum atomic E-state index is 0. The number of methoxy groups -OCH3 is 1. The van der Waals surface area contributed by atoms with Crippen LogP contribution in [0.1, 0.15) is 18.5 Å². The van der Waals surface area contributed by atoms with E-state index in [-0.39, 0.29) is 24.2 Å². The van der Waals surface area contributed by atoms with Crippen LogP contribution >= 0.6 is 12.4 Å². The van der Waals surface area contributed by atoms with E-state index in [1.165, 1.54) is 12.4 Å². The second-order valence-corrected chi connectivity index (χ2v) is 6.62. The summed E-state index contributed by atoms with van der Waals surface area (Å²) in [6, 6.07) is 9.59. The van der Waals surface area contributed by atoms with Crippen LogP contribution < -0.4 is 20.1 Å². The maximum Gasteiger partial charge on any atom is 0.158 e. The lowest BCUT2D eigenvalue weighted by atomic mass is 10.1. The van der Waals surface area contributed by atoms with Crippen molar-refractivity contribution < 1.29 is 9.47 Å². The highest BCUT2D eigenvalue weighted by atomic mass is 35.5. The minimum Gasteiger partial charge on any atom is -0.496 e. The highest BCUT2D eigenvalue weighted by molar-refractivity contribution is 5.85. The molecule has 0 radical (unpaired) electrons. The molecular formula is C20H22ClN7O2. The number of benzene rings is 1. The van der Waals surface area contributed by atoms with Crippen molar-refractivity contribution in [2.24, 2.45) is 0 Å². The Morgan fingerprint density at radius 2 is 1.97 bits per heavy atom. The van der Waals surface area contributed by atoms with Crippen LogP contribution in [0, 0.1) is 11.3 Å². The molecule has 0 saturated carbocycles. The first-order valence-corrected chi connectivity index (χ1v) is 9.35. The number of H-pyrrole nitrogens is 1. The third-order valence-corrected chi connectivity index (χ3v) is 4.65. The van der Waals surface area contributed by atoms with Crippen LogP contribution in [0.4, 0.5) is 11.6 Å². The maximum absolute atomic E-state index is 8.79. The Labute approximate surface area is 180 Å². The summed E-state index contributed by atoms with van der Waals surface area (Å²) >= 11 is 0. The standard InChI is InChI=1S/C20H21N7O2.ClH/c1-28-18-8-15(29-14-4-6-22-7-5-14)2-3-16(18)17-9-19(27-26-17)25-20-12-23-13(10-21)11-24-20;/h2-3,8-9,11-12,14,22H,4-7H2,1H3,(H2,24,25,26,27);1H. The van der Waals surface area contributed by atoms with Crippen molar-refractivity contribution in [3.63, 3.8) is 0 Å². The first-order chi connectivity index (χ1) is 14.2. The molecule has 0 bridgehead atoms. The number of nitrogens with zero attached hydrogens (tertiary/aromatic N) is 4. The van der Waals surface area contributed by atoms with E-state index in [1.807, 2.05) is 30.3 Å². The molecule has 2 aromatic heterocycles. The molecule has 0 amide bonds. The van der Waals surface area contributed by atoms with Crippen LogP contribution in [-0.2, 0) is 0 Å². The highest BCUT2D eigenvalue weighted by Gasteiger charge is 2.16. The van der Waals surface area contributed by atoms with E-state index < -0.39 is 0 Å². The molecule has 0 unspecified atom stereocenters. The summed E-state index contributed by atoms with van der Waals surface area (Å²) in [7, 11) is 1.63. The Bertz CT molecular complexity index is 1010. The van der Waals surface area contributed by atoms with Crippen LogP contribution in [0.5, 0.6) is 11.5 Å². The number of ether oxygens (including phenoxy) is 2. The van der Waals surface area contributed by atoms with Crippen molar-refractivity contribution in [2.75, 3.05) is 25.5 Å². The molecule has 0 aliphatic carbocycles. The van der Waals surface area contributed by atoms with Crippen molar-refractivity contribution in [3.8, 4) is 28.8 Å². The van der Waals surface area contributed by atoms with E-state index in [0.29, 0.717) is 17.4 Å². The van der Waals surface area contributed by atoms with Gasteiger partial charge in [-0.05, 0) is 38.1 Å². The molecule has 0 atom stereocenters. The molecule has 156 valence electrons. The number of rotatable bonds is 6. The van der Waals surface area contributed by atoms with E-state index in [2.05, 4.69) is 30.8 Å². The van der Waals surface area contributed by atoms with Gasteiger partial charge in [0.15, 0.2) is 11.5 Å². The Morgan fingerprint density at radius 3 is 2.67 bits per heavy atom. The molecule has 3 aromatic rings. The molecule has 1 saturated heterocycles. The van der Waals surface area contributed by atoms with E-state index in [0.717, 1.165) is 42.9 Å². The van der Waals surface area contributed by atoms with Crippen LogP contribution in [0.2, 0.25) is 0 Å². The second kappa shape index (κ2) is 9.91. The van der Waals surface area contributed by atoms with Crippen LogP contribution in [0.3, 0.4) is 0 Å². The summed E-state index contributed by atoms with van der Waals surface area (Å²) in [4.78, 5) is 8.11. The summed E-state index contributed by atoms with van der Waals surface area (Å²) < 4.78 is 11.7. The molecule has 1 fully saturated rings. The van der Waals surface area contributed by atoms with Gasteiger partial charge in [-0.1, -0.05) is 0 Å². The summed E-state index contributed by atoms with van der Waals surface area (Å²) in [5, 5.41) is 22.4. The SMILES string of the molecule is COc1cc(OC2CCNCC2)ccc1-c1cc(Nc2cnc(C#N)cn2)n[nH]1.Cl. The average molecular weight is 428 g/mol. The zero-order valence-electron chi connectivity index (χ0n) is 16.4. The van der Waals surface area contributed by atoms with E-state index in [4.69, 9.17) is 14.7 Å². The maximum atomic E-state index is 8.79. The quantitative estimate of drug-likeness (QED) is 0.548. The smallest absolute Gasteiger partial charge is 0.158 e. The predicted octanol–water partition coefficient (Wildman–Crippen LogP) is 3.04. The number of hydrogen-bond acceptors (Lipinski definition) is 8.